The molecule has 1 unspecified atom stereocenters. The molecule has 5 heterocycles. The van der Waals surface area contributed by atoms with E-state index in [4.69, 9.17) is 9.47 Å². The molecule has 5 atom stereocenters. The summed E-state index contributed by atoms with van der Waals surface area (Å²) >= 11 is 0. The third-order valence-electron chi connectivity index (χ3n) is 13.1. The number of hydrazine groups is 1. The molecule has 15 heteroatoms. The number of pyridine rings is 1. The SMILES string of the molecule is C=CC(=O)N1CCC(C(=O)N(C)[C@H](C(=O)N[C@H]2Cc3cccc(c3)-c3ccc4c(c3)c(c(-c3cccnc3[C@H](C)OC)n4CF)CC(C)(C)COC(=O)[C@@H]3CCCN(N3)C2=O)C(C)C)C1. The maximum atomic E-state index is 15.5. The van der Waals surface area contributed by atoms with E-state index in [1.165, 1.54) is 16.0 Å². The zero-order valence-corrected chi connectivity index (χ0v) is 38.6. The van der Waals surface area contributed by atoms with Crippen LogP contribution < -0.4 is 10.7 Å². The minimum atomic E-state index is -1.09. The Labute approximate surface area is 380 Å². The molecule has 3 aliphatic rings. The highest BCUT2D eigenvalue weighted by molar-refractivity contribution is 5.96. The van der Waals surface area contributed by atoms with Crippen LogP contribution in [-0.2, 0) is 53.1 Å². The number of halogens is 1. The highest BCUT2D eigenvalue weighted by atomic mass is 19.1. The number of alkyl halides is 1. The van der Waals surface area contributed by atoms with Crippen LogP contribution in [0.2, 0.25) is 0 Å². The van der Waals surface area contributed by atoms with Gasteiger partial charge in [-0.25, -0.2) is 9.82 Å². The van der Waals surface area contributed by atoms with E-state index in [0.29, 0.717) is 55.7 Å². The first-order chi connectivity index (χ1) is 31.0. The molecule has 2 aromatic heterocycles. The van der Waals surface area contributed by atoms with Crippen LogP contribution in [0.25, 0.3) is 33.3 Å². The Hall–Kier alpha value is -5.93. The smallest absolute Gasteiger partial charge is 0.324 e. The van der Waals surface area contributed by atoms with Crippen molar-refractivity contribution < 1.29 is 37.8 Å². The van der Waals surface area contributed by atoms with Gasteiger partial charge in [-0.1, -0.05) is 64.6 Å². The summed E-state index contributed by atoms with van der Waals surface area (Å²) in [5, 5.41) is 5.26. The molecule has 2 saturated heterocycles. The van der Waals surface area contributed by atoms with Crippen molar-refractivity contribution in [1.29, 1.82) is 0 Å². The number of cyclic esters (lactones) is 1. The van der Waals surface area contributed by atoms with Crippen molar-refractivity contribution in [2.75, 3.05) is 40.4 Å². The lowest BCUT2D eigenvalue weighted by Crippen LogP contribution is -2.62. The van der Waals surface area contributed by atoms with Gasteiger partial charge in [-0.15, -0.1) is 0 Å². The van der Waals surface area contributed by atoms with E-state index in [2.05, 4.69) is 28.4 Å². The van der Waals surface area contributed by atoms with Crippen molar-refractivity contribution in [1.82, 2.24) is 35.1 Å². The summed E-state index contributed by atoms with van der Waals surface area (Å²) in [6.07, 6.45) is 4.48. The van der Waals surface area contributed by atoms with Gasteiger partial charge in [-0.3, -0.25) is 34.0 Å². The minimum absolute atomic E-state index is 0.0424. The molecule has 0 radical (unpaired) electrons. The molecule has 2 fully saturated rings. The molecule has 14 nitrogen and oxygen atoms in total. The second-order valence-corrected chi connectivity index (χ2v) is 18.8. The fraction of sp³-hybridized carbons (Fsp3) is 0.480. The number of likely N-dealkylation sites (tertiary alicyclic amines) is 1. The molecular formula is C50H62FN7O7. The number of amides is 4. The van der Waals surface area contributed by atoms with E-state index in [1.807, 2.05) is 83.1 Å². The summed E-state index contributed by atoms with van der Waals surface area (Å²) in [6.45, 7) is 13.4. The van der Waals surface area contributed by atoms with Gasteiger partial charge in [0.25, 0.3) is 5.91 Å². The second-order valence-electron chi connectivity index (χ2n) is 18.8. The lowest BCUT2D eigenvalue weighted by molar-refractivity contribution is -0.155. The maximum absolute atomic E-state index is 15.5. The second kappa shape index (κ2) is 19.7. The van der Waals surface area contributed by atoms with Crippen LogP contribution in [-0.4, -0.2) is 112 Å². The largest absolute Gasteiger partial charge is 0.464 e. The van der Waals surface area contributed by atoms with E-state index < -0.39 is 54.0 Å². The molecule has 0 aliphatic carbocycles. The number of carbonyl (C=O) groups excluding carboxylic acids is 5. The fourth-order valence-electron chi connectivity index (χ4n) is 9.68. The normalized spacial score (nSPS) is 21.1. The summed E-state index contributed by atoms with van der Waals surface area (Å²) in [7, 11) is 3.20. The molecule has 6 bridgehead atoms. The van der Waals surface area contributed by atoms with Crippen LogP contribution in [0.4, 0.5) is 4.39 Å². The first-order valence-corrected chi connectivity index (χ1v) is 22.6. The molecule has 0 spiro atoms. The maximum Gasteiger partial charge on any atom is 0.324 e. The predicted molar refractivity (Wildman–Crippen MR) is 245 cm³/mol. The number of hydrogen-bond acceptors (Lipinski definition) is 9. The van der Waals surface area contributed by atoms with Gasteiger partial charge in [0.15, 0.2) is 6.80 Å². The van der Waals surface area contributed by atoms with Crippen LogP contribution in [0.3, 0.4) is 0 Å². The Morgan fingerprint density at radius 1 is 1.08 bits per heavy atom. The molecule has 0 saturated carbocycles. The van der Waals surface area contributed by atoms with Gasteiger partial charge < -0.3 is 29.2 Å². The third kappa shape index (κ3) is 9.86. The summed E-state index contributed by atoms with van der Waals surface area (Å²) < 4.78 is 28.9. The zero-order valence-electron chi connectivity index (χ0n) is 38.6. The molecule has 65 heavy (non-hydrogen) atoms. The number of carbonyl (C=O) groups is 5. The monoisotopic (exact) mass is 891 g/mol. The van der Waals surface area contributed by atoms with Gasteiger partial charge in [0, 0.05) is 62.8 Å². The summed E-state index contributed by atoms with van der Waals surface area (Å²) in [6, 6.07) is 14.6. The fourth-order valence-corrected chi connectivity index (χ4v) is 9.68. The number of hydrogen-bond donors (Lipinski definition) is 2. The molecule has 7 rings (SSSR count). The Balaban J connectivity index is 1.29. The first-order valence-electron chi connectivity index (χ1n) is 22.6. The first kappa shape index (κ1) is 47.0. The van der Waals surface area contributed by atoms with Gasteiger partial charge in [0.05, 0.1) is 35.5 Å². The topological polar surface area (TPSA) is 155 Å². The molecule has 346 valence electrons. The Morgan fingerprint density at radius 2 is 1.85 bits per heavy atom. The molecule has 4 amide bonds. The summed E-state index contributed by atoms with van der Waals surface area (Å²) in [5.74, 6) is -2.76. The number of rotatable bonds is 10. The van der Waals surface area contributed by atoms with Gasteiger partial charge in [0.2, 0.25) is 17.7 Å². The summed E-state index contributed by atoms with van der Waals surface area (Å²) in [5.41, 5.74) is 8.63. The van der Waals surface area contributed by atoms with E-state index >= 15 is 4.39 Å². The van der Waals surface area contributed by atoms with Crippen molar-refractivity contribution in [2.45, 2.75) is 97.8 Å². The van der Waals surface area contributed by atoms with Gasteiger partial charge in [-0.2, -0.15) is 0 Å². The highest BCUT2D eigenvalue weighted by Crippen LogP contribution is 2.42. The standard InChI is InChI=1S/C50H62FN7O7/c1-9-42(59)56-22-19-35(27-56)47(61)55(7)44(30(2)3)46(60)53-40-24-32-13-10-14-33(23-32)34-17-18-41-37(25-34)38(45(57(41)29-51)36-15-11-20-52-43(36)31(4)64-8)26-50(5,6)28-65-49(63)39-16-12-21-58(54-39)48(40)62/h9-11,13-15,17-18,20,23,25,30-31,35,39-40,44,54H,1,12,16,19,21-22,24,26-29H2,2-8H3,(H,53,60)/t31-,35?,39-,40-,44-/m0/s1. The number of aromatic nitrogens is 2. The van der Waals surface area contributed by atoms with Crippen molar-refractivity contribution in [2.24, 2.45) is 17.3 Å². The zero-order chi connectivity index (χ0) is 46.7. The van der Waals surface area contributed by atoms with Crippen LogP contribution in [0, 0.1) is 17.3 Å². The molecule has 3 aliphatic heterocycles. The lowest BCUT2D eigenvalue weighted by Gasteiger charge is -2.37. The Bertz CT molecular complexity index is 2470. The summed E-state index contributed by atoms with van der Waals surface area (Å²) in [4.78, 5) is 76.9. The van der Waals surface area contributed by atoms with Crippen LogP contribution in [0.5, 0.6) is 0 Å². The number of esters is 1. The number of nitrogens with one attached hydrogen (secondary N) is 2. The third-order valence-corrected chi connectivity index (χ3v) is 13.1. The average molecular weight is 892 g/mol. The molecule has 4 aromatic rings. The quantitative estimate of drug-likeness (QED) is 0.141. The Morgan fingerprint density at radius 3 is 2.57 bits per heavy atom. The Kier molecular flexibility index (Phi) is 14.2. The molecular weight excluding hydrogens is 830 g/mol. The highest BCUT2D eigenvalue weighted by Gasteiger charge is 2.40. The van der Waals surface area contributed by atoms with Crippen molar-refractivity contribution in [3.05, 3.63) is 90.3 Å². The minimum Gasteiger partial charge on any atom is -0.464 e. The van der Waals surface area contributed by atoms with Gasteiger partial charge in [-0.05, 0) is 91.1 Å². The molecule has 2 aromatic carbocycles. The van der Waals surface area contributed by atoms with Crippen LogP contribution in [0.1, 0.15) is 76.8 Å². The number of likely N-dealkylation sites (N-methyl/N-ethyl adjacent to an activating group) is 1. The van der Waals surface area contributed by atoms with Gasteiger partial charge in [0.1, 0.15) is 18.1 Å². The van der Waals surface area contributed by atoms with E-state index in [0.717, 1.165) is 33.2 Å². The van der Waals surface area contributed by atoms with Crippen molar-refractivity contribution in [3.63, 3.8) is 0 Å². The van der Waals surface area contributed by atoms with Crippen LogP contribution in [0.15, 0.2) is 73.4 Å². The van der Waals surface area contributed by atoms with Crippen molar-refractivity contribution >= 4 is 40.5 Å². The van der Waals surface area contributed by atoms with E-state index in [-0.39, 0.29) is 43.4 Å². The van der Waals surface area contributed by atoms with Crippen LogP contribution >= 0.6 is 0 Å². The van der Waals surface area contributed by atoms with E-state index in [1.54, 1.807) is 29.8 Å². The van der Waals surface area contributed by atoms with E-state index in [9.17, 15) is 24.0 Å². The predicted octanol–water partition coefficient (Wildman–Crippen LogP) is 6.17. The molecule has 2 N–H and O–H groups in total. The number of methoxy groups -OCH3 is 1. The van der Waals surface area contributed by atoms with Gasteiger partial charge >= 0.3 is 5.97 Å². The number of nitrogens with zero attached hydrogens (tertiary/aromatic N) is 5. The lowest BCUT2D eigenvalue weighted by atomic mass is 9.84. The number of benzene rings is 2. The van der Waals surface area contributed by atoms with Crippen molar-refractivity contribution in [3.8, 4) is 22.4 Å². The number of fused-ring (bicyclic) bond motifs is 6. The average Bonchev–Trinajstić information content (AvgIpc) is 3.92. The number of ether oxygens (including phenoxy) is 2.